The van der Waals surface area contributed by atoms with Crippen molar-refractivity contribution in [2.24, 2.45) is 5.73 Å². The number of ether oxygens (including phenoxy) is 1. The number of rotatable bonds is 2. The van der Waals surface area contributed by atoms with Crippen LogP contribution >= 0.6 is 0 Å². The van der Waals surface area contributed by atoms with Gasteiger partial charge < -0.3 is 10.5 Å². The first kappa shape index (κ1) is 10.9. The molecule has 0 bridgehead atoms. The molecule has 0 aromatic rings. The van der Waals surface area contributed by atoms with Crippen LogP contribution < -0.4 is 5.73 Å². The SMILES string of the molecule is COC(=O)C1C(N)C(=O)N1S(=O)(=O)O. The Labute approximate surface area is 79.5 Å². The predicted octanol–water partition coefficient (Wildman–Crippen LogP) is -2.50. The molecule has 1 aliphatic heterocycles. The first-order chi connectivity index (χ1) is 6.30. The fourth-order valence-corrected chi connectivity index (χ4v) is 1.96. The van der Waals surface area contributed by atoms with E-state index in [0.29, 0.717) is 0 Å². The fraction of sp³-hybridized carbons (Fsp3) is 0.600. The van der Waals surface area contributed by atoms with Gasteiger partial charge in [0.25, 0.3) is 5.91 Å². The number of carbonyl (C=O) groups excluding carboxylic acids is 2. The van der Waals surface area contributed by atoms with E-state index in [0.717, 1.165) is 7.11 Å². The highest BCUT2D eigenvalue weighted by Crippen LogP contribution is 2.22. The predicted molar refractivity (Wildman–Crippen MR) is 42.2 cm³/mol. The molecule has 0 aromatic heterocycles. The molecule has 0 spiro atoms. The fourth-order valence-electron chi connectivity index (χ4n) is 1.10. The van der Waals surface area contributed by atoms with Crippen LogP contribution in [-0.4, -0.2) is 48.3 Å². The molecule has 1 amide bonds. The molecule has 1 rings (SSSR count). The minimum atomic E-state index is -4.75. The van der Waals surface area contributed by atoms with E-state index < -0.39 is 34.3 Å². The smallest absolute Gasteiger partial charge is 0.363 e. The highest BCUT2D eigenvalue weighted by Gasteiger charge is 2.55. The van der Waals surface area contributed by atoms with Crippen molar-refractivity contribution < 1.29 is 27.3 Å². The molecule has 9 heteroatoms. The van der Waals surface area contributed by atoms with Crippen LogP contribution in [0.2, 0.25) is 0 Å². The lowest BCUT2D eigenvalue weighted by Crippen LogP contribution is -2.72. The number of carbonyl (C=O) groups is 2. The van der Waals surface area contributed by atoms with Gasteiger partial charge in [-0.1, -0.05) is 0 Å². The van der Waals surface area contributed by atoms with E-state index in [1.54, 1.807) is 0 Å². The molecule has 8 nitrogen and oxygen atoms in total. The first-order valence-corrected chi connectivity index (χ1v) is 4.84. The van der Waals surface area contributed by atoms with Gasteiger partial charge in [-0.2, -0.15) is 12.7 Å². The van der Waals surface area contributed by atoms with Gasteiger partial charge in [-0.25, -0.2) is 4.79 Å². The average Bonchev–Trinajstić information content (AvgIpc) is 2.09. The van der Waals surface area contributed by atoms with E-state index in [1.807, 2.05) is 0 Å². The summed E-state index contributed by atoms with van der Waals surface area (Å²) in [6.45, 7) is 0. The summed E-state index contributed by atoms with van der Waals surface area (Å²) in [5, 5.41) is 0. The molecule has 80 valence electrons. The molecule has 0 aromatic carbocycles. The lowest BCUT2D eigenvalue weighted by molar-refractivity contribution is -0.160. The third-order valence-electron chi connectivity index (χ3n) is 1.79. The van der Waals surface area contributed by atoms with Crippen LogP contribution in [0.25, 0.3) is 0 Å². The molecule has 0 saturated carbocycles. The molecule has 0 aliphatic carbocycles. The van der Waals surface area contributed by atoms with E-state index in [1.165, 1.54) is 0 Å². The molecule has 3 N–H and O–H groups in total. The average molecular weight is 224 g/mol. The number of hydrogen-bond donors (Lipinski definition) is 2. The van der Waals surface area contributed by atoms with E-state index in [9.17, 15) is 18.0 Å². The molecule has 1 aliphatic rings. The standard InChI is InChI=1S/C5H8N2O6S/c1-13-5(9)3-2(6)4(8)7(3)14(10,11)12/h2-3H,6H2,1H3,(H,10,11,12). The summed E-state index contributed by atoms with van der Waals surface area (Å²) in [7, 11) is -3.74. The second-order valence-corrected chi connectivity index (χ2v) is 3.89. The second-order valence-electron chi connectivity index (χ2n) is 2.61. The number of nitrogens with two attached hydrogens (primary N) is 1. The van der Waals surface area contributed by atoms with Crippen LogP contribution in [0.4, 0.5) is 0 Å². The Hall–Kier alpha value is -1.19. The van der Waals surface area contributed by atoms with E-state index in [4.69, 9.17) is 10.3 Å². The lowest BCUT2D eigenvalue weighted by Gasteiger charge is -2.39. The quantitative estimate of drug-likeness (QED) is 0.301. The Kier molecular flexibility index (Phi) is 2.48. The third-order valence-corrected chi connectivity index (χ3v) is 2.69. The van der Waals surface area contributed by atoms with Gasteiger partial charge in [0.1, 0.15) is 6.04 Å². The van der Waals surface area contributed by atoms with Crippen molar-refractivity contribution in [3.8, 4) is 0 Å². The molecular weight excluding hydrogens is 216 g/mol. The maximum Gasteiger partial charge on any atom is 0.363 e. The van der Waals surface area contributed by atoms with Crippen molar-refractivity contribution in [3.05, 3.63) is 0 Å². The summed E-state index contributed by atoms with van der Waals surface area (Å²) in [4.78, 5) is 21.8. The summed E-state index contributed by atoms with van der Waals surface area (Å²) in [5.74, 6) is -2.03. The topological polar surface area (TPSA) is 127 Å². The summed E-state index contributed by atoms with van der Waals surface area (Å²) in [6.07, 6.45) is 0. The van der Waals surface area contributed by atoms with Gasteiger partial charge in [0.2, 0.25) is 0 Å². The van der Waals surface area contributed by atoms with E-state index >= 15 is 0 Å². The largest absolute Gasteiger partial charge is 0.467 e. The van der Waals surface area contributed by atoms with Crippen LogP contribution in [0.5, 0.6) is 0 Å². The van der Waals surface area contributed by atoms with Crippen molar-refractivity contribution in [2.45, 2.75) is 12.1 Å². The van der Waals surface area contributed by atoms with Crippen molar-refractivity contribution in [3.63, 3.8) is 0 Å². The van der Waals surface area contributed by atoms with Gasteiger partial charge in [0.05, 0.1) is 7.11 Å². The highest BCUT2D eigenvalue weighted by molar-refractivity contribution is 7.84. The monoisotopic (exact) mass is 224 g/mol. The molecule has 1 saturated heterocycles. The molecule has 2 unspecified atom stereocenters. The molecule has 0 radical (unpaired) electrons. The summed E-state index contributed by atoms with van der Waals surface area (Å²) in [5.41, 5.74) is 5.16. The highest BCUT2D eigenvalue weighted by atomic mass is 32.2. The minimum absolute atomic E-state index is 0.0104. The molecule has 1 fully saturated rings. The minimum Gasteiger partial charge on any atom is -0.467 e. The number of nitrogens with zero attached hydrogens (tertiary/aromatic N) is 1. The Bertz CT molecular complexity index is 376. The Balaban J connectivity index is 2.97. The lowest BCUT2D eigenvalue weighted by atomic mass is 10.0. The second kappa shape index (κ2) is 3.19. The zero-order valence-electron chi connectivity index (χ0n) is 7.08. The molecular formula is C5H8N2O6S. The van der Waals surface area contributed by atoms with Gasteiger partial charge >= 0.3 is 16.3 Å². The van der Waals surface area contributed by atoms with Crippen LogP contribution in [0.3, 0.4) is 0 Å². The molecule has 2 atom stereocenters. The number of β-lactam (4-membered cyclic amide) rings is 1. The van der Waals surface area contributed by atoms with Crippen LogP contribution in [0.1, 0.15) is 0 Å². The van der Waals surface area contributed by atoms with Crippen LogP contribution in [-0.2, 0) is 24.6 Å². The third kappa shape index (κ3) is 1.45. The van der Waals surface area contributed by atoms with Gasteiger partial charge in [0.15, 0.2) is 6.04 Å². The van der Waals surface area contributed by atoms with Crippen molar-refractivity contribution >= 4 is 22.2 Å². The van der Waals surface area contributed by atoms with Gasteiger partial charge in [-0.05, 0) is 0 Å². The normalized spacial score (nSPS) is 27.1. The number of methoxy groups -OCH3 is 1. The van der Waals surface area contributed by atoms with E-state index in [-0.39, 0.29) is 4.31 Å². The Morgan fingerprint density at radius 2 is 2.14 bits per heavy atom. The Morgan fingerprint density at radius 3 is 2.50 bits per heavy atom. The van der Waals surface area contributed by atoms with Gasteiger partial charge in [-0.15, -0.1) is 0 Å². The van der Waals surface area contributed by atoms with Crippen molar-refractivity contribution in [1.29, 1.82) is 0 Å². The summed E-state index contributed by atoms with van der Waals surface area (Å²) in [6, 6.07) is -2.76. The first-order valence-electron chi connectivity index (χ1n) is 3.44. The molecule has 14 heavy (non-hydrogen) atoms. The zero-order valence-corrected chi connectivity index (χ0v) is 7.89. The van der Waals surface area contributed by atoms with Crippen molar-refractivity contribution in [2.75, 3.05) is 7.11 Å². The van der Waals surface area contributed by atoms with Gasteiger partial charge in [0, 0.05) is 0 Å². The number of amides is 1. The summed E-state index contributed by atoms with van der Waals surface area (Å²) < 4.78 is 33.9. The summed E-state index contributed by atoms with van der Waals surface area (Å²) >= 11 is 0. The van der Waals surface area contributed by atoms with Crippen molar-refractivity contribution in [1.82, 2.24) is 4.31 Å². The molecule has 1 heterocycles. The maximum absolute atomic E-state index is 10.9. The van der Waals surface area contributed by atoms with E-state index in [2.05, 4.69) is 4.74 Å². The number of hydrogen-bond acceptors (Lipinski definition) is 6. The van der Waals surface area contributed by atoms with Gasteiger partial charge in [-0.3, -0.25) is 9.35 Å². The maximum atomic E-state index is 10.9. The van der Waals surface area contributed by atoms with Crippen LogP contribution in [0, 0.1) is 0 Å². The van der Waals surface area contributed by atoms with Crippen LogP contribution in [0.15, 0.2) is 0 Å². The Morgan fingerprint density at radius 1 is 1.64 bits per heavy atom. The number of esters is 1. The zero-order chi connectivity index (χ0) is 11.1.